The van der Waals surface area contributed by atoms with Crippen molar-refractivity contribution in [1.29, 1.82) is 0 Å². The highest BCUT2D eigenvalue weighted by atomic mass is 16.5. The lowest BCUT2D eigenvalue weighted by atomic mass is 9.83. The van der Waals surface area contributed by atoms with Gasteiger partial charge in [0.05, 0.1) is 20.3 Å². The van der Waals surface area contributed by atoms with Gasteiger partial charge in [-0.1, -0.05) is 39.0 Å². The largest absolute Gasteiger partial charge is 0.496 e. The number of carboxylic acids is 1. The number of hydrogen-bond donors (Lipinski definition) is 3. The summed E-state index contributed by atoms with van der Waals surface area (Å²) in [5, 5.41) is 14.1. The van der Waals surface area contributed by atoms with Gasteiger partial charge in [0, 0.05) is 34.1 Å². The van der Waals surface area contributed by atoms with Crippen LogP contribution in [0.4, 0.5) is 0 Å². The van der Waals surface area contributed by atoms with Gasteiger partial charge in [-0.05, 0) is 29.2 Å². The average molecular weight is 408 g/mol. The molecule has 0 saturated heterocycles. The lowest BCUT2D eigenvalue weighted by Gasteiger charge is -2.32. The van der Waals surface area contributed by atoms with Crippen LogP contribution >= 0.6 is 0 Å². The van der Waals surface area contributed by atoms with Crippen LogP contribution in [0.1, 0.15) is 49.2 Å². The fraction of sp³-hybridized carbons (Fsp3) is 0.375. The Balaban J connectivity index is 1.94. The summed E-state index contributed by atoms with van der Waals surface area (Å²) in [5.74, 6) is 0.595. The highest BCUT2D eigenvalue weighted by Crippen LogP contribution is 2.43. The van der Waals surface area contributed by atoms with Crippen molar-refractivity contribution in [1.82, 2.24) is 10.3 Å². The van der Waals surface area contributed by atoms with E-state index in [1.54, 1.807) is 14.2 Å². The number of hydrogen-bond acceptors (Lipinski definition) is 4. The molecule has 0 bridgehead atoms. The summed E-state index contributed by atoms with van der Waals surface area (Å²) in [7, 11) is 3.30. The van der Waals surface area contributed by atoms with Crippen molar-refractivity contribution in [3.8, 4) is 11.5 Å². The van der Waals surface area contributed by atoms with Gasteiger partial charge in [0.2, 0.25) is 0 Å². The molecule has 3 N–H and O–H groups in total. The van der Waals surface area contributed by atoms with Crippen LogP contribution in [-0.4, -0.2) is 36.3 Å². The summed E-state index contributed by atoms with van der Waals surface area (Å²) in [4.78, 5) is 15.4. The van der Waals surface area contributed by atoms with E-state index in [-0.39, 0.29) is 11.5 Å². The number of methoxy groups -OCH3 is 2. The molecule has 2 atom stereocenters. The van der Waals surface area contributed by atoms with Gasteiger partial charge in [-0.15, -0.1) is 0 Å². The molecule has 30 heavy (non-hydrogen) atoms. The second kappa shape index (κ2) is 7.36. The second-order valence-corrected chi connectivity index (χ2v) is 8.80. The van der Waals surface area contributed by atoms with Crippen LogP contribution in [0.2, 0.25) is 0 Å². The fourth-order valence-electron chi connectivity index (χ4n) is 4.37. The third kappa shape index (κ3) is 3.31. The van der Waals surface area contributed by atoms with E-state index in [2.05, 4.69) is 31.1 Å². The Morgan fingerprint density at radius 1 is 1.10 bits per heavy atom. The van der Waals surface area contributed by atoms with Crippen LogP contribution in [0.15, 0.2) is 36.4 Å². The number of para-hydroxylation sites is 1. The number of ether oxygens (including phenoxy) is 2. The van der Waals surface area contributed by atoms with Gasteiger partial charge >= 0.3 is 5.97 Å². The van der Waals surface area contributed by atoms with E-state index in [0.29, 0.717) is 12.2 Å². The maximum Gasteiger partial charge on any atom is 0.321 e. The first-order valence-electron chi connectivity index (χ1n) is 10.1. The number of aliphatic carboxylic acids is 1. The van der Waals surface area contributed by atoms with E-state index in [9.17, 15) is 9.90 Å². The number of aromatic nitrogens is 1. The minimum Gasteiger partial charge on any atom is -0.496 e. The highest BCUT2D eigenvalue weighted by molar-refractivity contribution is 5.87. The van der Waals surface area contributed by atoms with Crippen LogP contribution in [-0.2, 0) is 16.6 Å². The number of carbonyl (C=O) groups is 1. The maximum absolute atomic E-state index is 11.9. The first-order valence-corrected chi connectivity index (χ1v) is 10.1. The van der Waals surface area contributed by atoms with E-state index < -0.39 is 12.0 Å². The number of H-pyrrole nitrogens is 1. The number of carboxylic acid groups (broad SMARTS) is 1. The number of fused-ring (bicyclic) bond motifs is 3. The van der Waals surface area contributed by atoms with E-state index in [0.717, 1.165) is 39.0 Å². The SMILES string of the molecule is COc1cc(C(C)(C)C)c(OC)cc1C1NC(C(=O)O)Cc2c1[nH]c1ccccc21. The fourth-order valence-corrected chi connectivity index (χ4v) is 4.37. The van der Waals surface area contributed by atoms with Crippen molar-refractivity contribution < 1.29 is 19.4 Å². The summed E-state index contributed by atoms with van der Waals surface area (Å²) >= 11 is 0. The molecule has 3 aromatic rings. The predicted molar refractivity (Wildman–Crippen MR) is 117 cm³/mol. The smallest absolute Gasteiger partial charge is 0.321 e. The van der Waals surface area contributed by atoms with Crippen LogP contribution < -0.4 is 14.8 Å². The molecule has 0 fully saturated rings. The van der Waals surface area contributed by atoms with Gasteiger partial charge in [-0.3, -0.25) is 10.1 Å². The number of aromatic amines is 1. The Hall–Kier alpha value is -2.99. The standard InChI is InChI=1S/C24H28N2O4/c1-24(2,3)16-12-19(29-4)15(11-20(16)30-5)22-21-14(10-18(26-22)23(27)28)13-8-6-7-9-17(13)25-21/h6-9,11-12,18,22,25-26H,10H2,1-5H3,(H,27,28). The minimum absolute atomic E-state index is 0.132. The Bertz CT molecular complexity index is 1110. The molecule has 2 aromatic carbocycles. The van der Waals surface area contributed by atoms with Gasteiger partial charge in [0.1, 0.15) is 17.5 Å². The lowest BCUT2D eigenvalue weighted by molar-refractivity contribution is -0.139. The van der Waals surface area contributed by atoms with Crippen LogP contribution in [0, 0.1) is 0 Å². The highest BCUT2D eigenvalue weighted by Gasteiger charge is 2.36. The topological polar surface area (TPSA) is 83.6 Å². The molecule has 0 amide bonds. The second-order valence-electron chi connectivity index (χ2n) is 8.80. The molecule has 158 valence electrons. The predicted octanol–water partition coefficient (Wildman–Crippen LogP) is 4.17. The zero-order chi connectivity index (χ0) is 21.6. The molecule has 0 aliphatic carbocycles. The van der Waals surface area contributed by atoms with Crippen molar-refractivity contribution >= 4 is 16.9 Å². The van der Waals surface area contributed by atoms with Crippen LogP contribution in [0.3, 0.4) is 0 Å². The normalized spacial score (nSPS) is 18.8. The van der Waals surface area contributed by atoms with Gasteiger partial charge < -0.3 is 19.6 Å². The molecule has 2 heterocycles. The summed E-state index contributed by atoms with van der Waals surface area (Å²) < 4.78 is 11.5. The molecular weight excluding hydrogens is 380 g/mol. The molecular formula is C24H28N2O4. The van der Waals surface area contributed by atoms with Gasteiger partial charge in [0.15, 0.2) is 0 Å². The molecule has 1 aromatic heterocycles. The Morgan fingerprint density at radius 3 is 2.43 bits per heavy atom. The average Bonchev–Trinajstić information content (AvgIpc) is 3.10. The third-order valence-electron chi connectivity index (χ3n) is 5.88. The monoisotopic (exact) mass is 408 g/mol. The molecule has 6 nitrogen and oxygen atoms in total. The van der Waals surface area contributed by atoms with E-state index in [1.165, 1.54) is 0 Å². The summed E-state index contributed by atoms with van der Waals surface area (Å²) in [5.41, 5.74) is 4.75. The first kappa shape index (κ1) is 20.3. The van der Waals surface area contributed by atoms with Crippen molar-refractivity contribution in [2.75, 3.05) is 14.2 Å². The van der Waals surface area contributed by atoms with E-state index in [1.807, 2.05) is 36.4 Å². The summed E-state index contributed by atoms with van der Waals surface area (Å²) in [6.07, 6.45) is 0.421. The van der Waals surface area contributed by atoms with Gasteiger partial charge in [0.25, 0.3) is 0 Å². The number of rotatable bonds is 4. The van der Waals surface area contributed by atoms with E-state index in [4.69, 9.17) is 9.47 Å². The van der Waals surface area contributed by atoms with Crippen molar-refractivity contribution in [2.45, 2.75) is 44.7 Å². The summed E-state index contributed by atoms with van der Waals surface area (Å²) in [6, 6.07) is 10.9. The minimum atomic E-state index is -0.867. The summed E-state index contributed by atoms with van der Waals surface area (Å²) in [6.45, 7) is 6.37. The zero-order valence-electron chi connectivity index (χ0n) is 18.0. The van der Waals surface area contributed by atoms with Crippen molar-refractivity contribution in [3.05, 3.63) is 58.8 Å². The molecule has 2 unspecified atom stereocenters. The Labute approximate surface area is 176 Å². The lowest BCUT2D eigenvalue weighted by Crippen LogP contribution is -2.45. The molecule has 0 spiro atoms. The van der Waals surface area contributed by atoms with Crippen molar-refractivity contribution in [2.24, 2.45) is 0 Å². The molecule has 6 heteroatoms. The molecule has 4 rings (SSSR count). The number of nitrogens with one attached hydrogen (secondary N) is 2. The maximum atomic E-state index is 11.9. The first-order chi connectivity index (χ1) is 14.2. The quantitative estimate of drug-likeness (QED) is 0.603. The molecule has 0 saturated carbocycles. The zero-order valence-corrected chi connectivity index (χ0v) is 18.0. The van der Waals surface area contributed by atoms with Gasteiger partial charge in [-0.2, -0.15) is 0 Å². The van der Waals surface area contributed by atoms with Gasteiger partial charge in [-0.25, -0.2) is 0 Å². The Kier molecular flexibility index (Phi) is 4.98. The van der Waals surface area contributed by atoms with Crippen LogP contribution in [0.25, 0.3) is 10.9 Å². The molecule has 0 radical (unpaired) electrons. The van der Waals surface area contributed by atoms with E-state index >= 15 is 0 Å². The van der Waals surface area contributed by atoms with Crippen LogP contribution in [0.5, 0.6) is 11.5 Å². The van der Waals surface area contributed by atoms with Crippen molar-refractivity contribution in [3.63, 3.8) is 0 Å². The molecule has 1 aliphatic heterocycles. The third-order valence-corrected chi connectivity index (χ3v) is 5.88. The molecule has 1 aliphatic rings. The Morgan fingerprint density at radius 2 is 1.80 bits per heavy atom. The number of benzene rings is 2.